The molecule has 0 aromatic rings. The van der Waals surface area contributed by atoms with E-state index in [0.717, 1.165) is 51.5 Å². The van der Waals surface area contributed by atoms with E-state index in [-0.39, 0.29) is 0 Å². The lowest BCUT2D eigenvalue weighted by Crippen LogP contribution is -2.48. The molecular formula is C21H46O6Si. The van der Waals surface area contributed by atoms with Gasteiger partial charge in [-0.3, -0.25) is 0 Å². The Bertz CT molecular complexity index is 271. The van der Waals surface area contributed by atoms with Crippen LogP contribution in [0.15, 0.2) is 0 Å². The standard InChI is InChI=1S/C21H46O6Si/c1-5-9-10-11-21-28(25-18-15-22-12-6-2,26-19-16-23-13-7-3)27-20-17-24-14-8-4/h5-21H2,1-4H3. The molecule has 0 aromatic carbocycles. The molecular weight excluding hydrogens is 376 g/mol. The first-order valence-corrected chi connectivity index (χ1v) is 13.3. The first-order valence-electron chi connectivity index (χ1n) is 11.4. The Morgan fingerprint density at radius 2 is 0.857 bits per heavy atom. The normalized spacial score (nSPS) is 12.0. The van der Waals surface area contributed by atoms with Crippen molar-refractivity contribution < 1.29 is 27.5 Å². The Hall–Kier alpha value is -0.0231. The summed E-state index contributed by atoms with van der Waals surface area (Å²) in [6.45, 7) is 14.0. The highest BCUT2D eigenvalue weighted by molar-refractivity contribution is 6.60. The second-order valence-corrected chi connectivity index (χ2v) is 9.61. The van der Waals surface area contributed by atoms with Crippen molar-refractivity contribution in [2.75, 3.05) is 59.5 Å². The minimum absolute atomic E-state index is 0.506. The molecule has 170 valence electrons. The Labute approximate surface area is 174 Å². The average molecular weight is 423 g/mol. The topological polar surface area (TPSA) is 55.4 Å². The molecule has 7 heteroatoms. The molecule has 0 bridgehead atoms. The van der Waals surface area contributed by atoms with Crippen molar-refractivity contribution in [2.24, 2.45) is 0 Å². The van der Waals surface area contributed by atoms with E-state index in [4.69, 9.17) is 27.5 Å². The Kier molecular flexibility index (Phi) is 21.7. The van der Waals surface area contributed by atoms with Crippen LogP contribution in [0.2, 0.25) is 6.04 Å². The fourth-order valence-electron chi connectivity index (χ4n) is 2.62. The molecule has 0 radical (unpaired) electrons. The van der Waals surface area contributed by atoms with Crippen LogP contribution in [-0.2, 0) is 27.5 Å². The summed E-state index contributed by atoms with van der Waals surface area (Å²) in [6, 6.07) is 0.836. The van der Waals surface area contributed by atoms with Gasteiger partial charge in [-0.2, -0.15) is 0 Å². The second-order valence-electron chi connectivity index (χ2n) is 6.88. The number of hydrogen-bond donors (Lipinski definition) is 0. The van der Waals surface area contributed by atoms with E-state index in [1.165, 1.54) is 19.3 Å². The highest BCUT2D eigenvalue weighted by Crippen LogP contribution is 2.20. The fourth-order valence-corrected chi connectivity index (χ4v) is 5.17. The molecule has 0 rings (SSSR count). The van der Waals surface area contributed by atoms with Gasteiger partial charge in [0.25, 0.3) is 0 Å². The van der Waals surface area contributed by atoms with Gasteiger partial charge in [0, 0.05) is 25.9 Å². The first-order chi connectivity index (χ1) is 13.7. The fraction of sp³-hybridized carbons (Fsp3) is 1.00. The smallest absolute Gasteiger partial charge is 0.379 e. The van der Waals surface area contributed by atoms with Gasteiger partial charge in [-0.15, -0.1) is 0 Å². The van der Waals surface area contributed by atoms with E-state index < -0.39 is 8.80 Å². The quantitative estimate of drug-likeness (QED) is 0.174. The molecule has 0 aliphatic heterocycles. The lowest BCUT2D eigenvalue weighted by molar-refractivity contribution is 0.000345. The molecule has 0 aromatic heterocycles. The van der Waals surface area contributed by atoms with Crippen LogP contribution >= 0.6 is 0 Å². The van der Waals surface area contributed by atoms with Crippen molar-refractivity contribution in [1.29, 1.82) is 0 Å². The molecule has 0 N–H and O–H groups in total. The summed E-state index contributed by atoms with van der Waals surface area (Å²) in [6.07, 6.45) is 7.69. The zero-order valence-corrected chi connectivity index (χ0v) is 20.0. The molecule has 0 unspecified atom stereocenters. The Morgan fingerprint density at radius 1 is 0.429 bits per heavy atom. The SMILES string of the molecule is CCCCCC[Si](OCCOCCC)(OCCOCCC)OCCOCCC. The molecule has 6 nitrogen and oxygen atoms in total. The van der Waals surface area contributed by atoms with Gasteiger partial charge >= 0.3 is 8.80 Å². The predicted molar refractivity (Wildman–Crippen MR) is 116 cm³/mol. The van der Waals surface area contributed by atoms with Crippen molar-refractivity contribution in [1.82, 2.24) is 0 Å². The summed E-state index contributed by atoms with van der Waals surface area (Å²) >= 11 is 0. The van der Waals surface area contributed by atoms with Gasteiger partial charge < -0.3 is 27.5 Å². The number of rotatable bonds is 23. The Balaban J connectivity index is 4.66. The van der Waals surface area contributed by atoms with Crippen LogP contribution in [0.3, 0.4) is 0 Å². The molecule has 0 aliphatic rings. The summed E-state index contributed by atoms with van der Waals surface area (Å²) in [4.78, 5) is 0. The maximum atomic E-state index is 6.23. The second kappa shape index (κ2) is 21.7. The molecule has 0 spiro atoms. The third-order valence-corrected chi connectivity index (χ3v) is 6.93. The van der Waals surface area contributed by atoms with E-state index in [0.29, 0.717) is 39.6 Å². The van der Waals surface area contributed by atoms with Crippen molar-refractivity contribution in [3.63, 3.8) is 0 Å². The molecule has 0 aliphatic carbocycles. The minimum atomic E-state index is -2.77. The minimum Gasteiger partial charge on any atom is -0.379 e. The number of hydrogen-bond acceptors (Lipinski definition) is 6. The molecule has 0 saturated carbocycles. The third kappa shape index (κ3) is 16.9. The molecule has 28 heavy (non-hydrogen) atoms. The molecule has 0 fully saturated rings. The maximum Gasteiger partial charge on any atom is 0.501 e. The molecule has 0 saturated heterocycles. The van der Waals surface area contributed by atoms with Gasteiger partial charge in [-0.1, -0.05) is 47.0 Å². The van der Waals surface area contributed by atoms with Gasteiger partial charge in [-0.25, -0.2) is 0 Å². The van der Waals surface area contributed by atoms with Crippen molar-refractivity contribution in [3.8, 4) is 0 Å². The van der Waals surface area contributed by atoms with Crippen molar-refractivity contribution in [2.45, 2.75) is 78.7 Å². The zero-order valence-electron chi connectivity index (χ0n) is 19.0. The van der Waals surface area contributed by atoms with Gasteiger partial charge in [0.1, 0.15) is 0 Å². The average Bonchev–Trinajstić information content (AvgIpc) is 2.70. The van der Waals surface area contributed by atoms with E-state index in [1.807, 2.05) is 0 Å². The summed E-state index contributed by atoms with van der Waals surface area (Å²) in [5.41, 5.74) is 0. The monoisotopic (exact) mass is 422 g/mol. The summed E-state index contributed by atoms with van der Waals surface area (Å²) in [5, 5.41) is 0. The lowest BCUT2D eigenvalue weighted by Gasteiger charge is -2.30. The largest absolute Gasteiger partial charge is 0.501 e. The first kappa shape index (κ1) is 28.0. The predicted octanol–water partition coefficient (Wildman–Crippen LogP) is 4.84. The van der Waals surface area contributed by atoms with E-state index in [9.17, 15) is 0 Å². The summed E-state index contributed by atoms with van der Waals surface area (Å²) in [5.74, 6) is 0. The van der Waals surface area contributed by atoms with Gasteiger partial charge in [0.05, 0.1) is 39.6 Å². The molecule has 0 atom stereocenters. The van der Waals surface area contributed by atoms with Crippen molar-refractivity contribution >= 4 is 8.80 Å². The van der Waals surface area contributed by atoms with Crippen LogP contribution in [0.4, 0.5) is 0 Å². The van der Waals surface area contributed by atoms with Crippen LogP contribution in [-0.4, -0.2) is 68.3 Å². The number of unbranched alkanes of at least 4 members (excludes halogenated alkanes) is 3. The van der Waals surface area contributed by atoms with E-state index in [1.54, 1.807) is 0 Å². The van der Waals surface area contributed by atoms with Crippen LogP contribution < -0.4 is 0 Å². The zero-order chi connectivity index (χ0) is 20.8. The van der Waals surface area contributed by atoms with Crippen LogP contribution in [0.5, 0.6) is 0 Å². The highest BCUT2D eigenvalue weighted by Gasteiger charge is 2.40. The van der Waals surface area contributed by atoms with Crippen LogP contribution in [0, 0.1) is 0 Å². The van der Waals surface area contributed by atoms with Crippen LogP contribution in [0.1, 0.15) is 72.6 Å². The number of ether oxygens (including phenoxy) is 3. The van der Waals surface area contributed by atoms with Gasteiger partial charge in [0.2, 0.25) is 0 Å². The lowest BCUT2D eigenvalue weighted by atomic mass is 10.2. The van der Waals surface area contributed by atoms with Crippen LogP contribution in [0.25, 0.3) is 0 Å². The van der Waals surface area contributed by atoms with Crippen molar-refractivity contribution in [3.05, 3.63) is 0 Å². The van der Waals surface area contributed by atoms with E-state index in [2.05, 4.69) is 27.7 Å². The summed E-state index contributed by atoms with van der Waals surface area (Å²) in [7, 11) is -2.77. The Morgan fingerprint density at radius 3 is 1.21 bits per heavy atom. The van der Waals surface area contributed by atoms with E-state index >= 15 is 0 Å². The third-order valence-electron chi connectivity index (χ3n) is 4.03. The summed E-state index contributed by atoms with van der Waals surface area (Å²) < 4.78 is 35.4. The molecule has 0 heterocycles. The molecule has 0 amide bonds. The highest BCUT2D eigenvalue weighted by atomic mass is 28.4. The maximum absolute atomic E-state index is 6.23. The van der Waals surface area contributed by atoms with Gasteiger partial charge in [0.15, 0.2) is 0 Å². The van der Waals surface area contributed by atoms with Gasteiger partial charge in [-0.05, 0) is 25.7 Å².